The molecule has 6 atom stereocenters. The van der Waals surface area contributed by atoms with Gasteiger partial charge in [0.1, 0.15) is 42.4 Å². The van der Waals surface area contributed by atoms with Crippen LogP contribution in [0.2, 0.25) is 0 Å². The van der Waals surface area contributed by atoms with Gasteiger partial charge < -0.3 is 33.9 Å². The number of hydrogen-bond acceptors (Lipinski definition) is 7. The quantitative estimate of drug-likeness (QED) is 0.435. The molecule has 184 valence electrons. The standard InChI is InChI=1S/C27H34O7/c1-4-15-31-24-22(28)23(29)25(33-18-20-11-13-21(30-3)14-12-20)27(26(24)32-16-5-2)34-17-19-9-7-6-8-10-19/h4-14,22-29H,1-2,15-18H2,3H3/t22-,23+,24+,25+,26-,27-/m0/s1. The largest absolute Gasteiger partial charge is 0.497 e. The van der Waals surface area contributed by atoms with E-state index in [1.807, 2.05) is 54.6 Å². The predicted molar refractivity (Wildman–Crippen MR) is 128 cm³/mol. The highest BCUT2D eigenvalue weighted by molar-refractivity contribution is 5.26. The highest BCUT2D eigenvalue weighted by atomic mass is 16.6. The minimum absolute atomic E-state index is 0.186. The van der Waals surface area contributed by atoms with Crippen molar-refractivity contribution in [2.75, 3.05) is 20.3 Å². The molecule has 1 fully saturated rings. The molecule has 2 aromatic rings. The van der Waals surface area contributed by atoms with Crippen molar-refractivity contribution < 1.29 is 33.9 Å². The highest BCUT2D eigenvalue weighted by Crippen LogP contribution is 2.31. The van der Waals surface area contributed by atoms with Gasteiger partial charge in [0, 0.05) is 0 Å². The molecule has 1 aliphatic carbocycles. The van der Waals surface area contributed by atoms with E-state index in [9.17, 15) is 10.2 Å². The molecule has 3 rings (SSSR count). The predicted octanol–water partition coefficient (Wildman–Crippen LogP) is 3.04. The summed E-state index contributed by atoms with van der Waals surface area (Å²) >= 11 is 0. The Labute approximate surface area is 201 Å². The normalized spacial score (nSPS) is 26.7. The van der Waals surface area contributed by atoms with Gasteiger partial charge in [0.2, 0.25) is 0 Å². The van der Waals surface area contributed by atoms with Crippen molar-refractivity contribution in [1.29, 1.82) is 0 Å². The first-order valence-electron chi connectivity index (χ1n) is 11.3. The van der Waals surface area contributed by atoms with Crippen molar-refractivity contribution >= 4 is 0 Å². The van der Waals surface area contributed by atoms with E-state index in [0.717, 1.165) is 16.9 Å². The fourth-order valence-corrected chi connectivity index (χ4v) is 3.96. The first kappa shape index (κ1) is 26.1. The van der Waals surface area contributed by atoms with Gasteiger partial charge in [-0.05, 0) is 23.3 Å². The molecule has 0 bridgehead atoms. The van der Waals surface area contributed by atoms with Gasteiger partial charge in [-0.2, -0.15) is 0 Å². The van der Waals surface area contributed by atoms with Crippen molar-refractivity contribution in [2.24, 2.45) is 0 Å². The molecule has 7 nitrogen and oxygen atoms in total. The second-order valence-corrected chi connectivity index (χ2v) is 8.04. The van der Waals surface area contributed by atoms with Gasteiger partial charge in [-0.15, -0.1) is 13.2 Å². The summed E-state index contributed by atoms with van der Waals surface area (Å²) in [6.45, 7) is 8.28. The fraction of sp³-hybridized carbons (Fsp3) is 0.407. The average Bonchev–Trinajstić information content (AvgIpc) is 2.88. The number of aliphatic hydroxyl groups excluding tert-OH is 2. The molecule has 0 amide bonds. The van der Waals surface area contributed by atoms with E-state index in [-0.39, 0.29) is 26.4 Å². The molecule has 0 aromatic heterocycles. The van der Waals surface area contributed by atoms with Crippen LogP contribution >= 0.6 is 0 Å². The smallest absolute Gasteiger partial charge is 0.118 e. The molecule has 0 saturated heterocycles. The van der Waals surface area contributed by atoms with E-state index in [2.05, 4.69) is 13.2 Å². The molecule has 0 heterocycles. The van der Waals surface area contributed by atoms with E-state index >= 15 is 0 Å². The van der Waals surface area contributed by atoms with Gasteiger partial charge in [0.05, 0.1) is 33.5 Å². The topological polar surface area (TPSA) is 86.6 Å². The summed E-state index contributed by atoms with van der Waals surface area (Å²) in [6.07, 6.45) is -2.43. The Morgan fingerprint density at radius 1 is 0.676 bits per heavy atom. The average molecular weight is 471 g/mol. The Hall–Kier alpha value is -2.52. The summed E-state index contributed by atoms with van der Waals surface area (Å²) in [5.74, 6) is 0.737. The van der Waals surface area contributed by atoms with Crippen LogP contribution in [0.15, 0.2) is 79.9 Å². The molecular weight excluding hydrogens is 436 g/mol. The lowest BCUT2D eigenvalue weighted by atomic mass is 9.84. The van der Waals surface area contributed by atoms with Crippen LogP contribution in [0.4, 0.5) is 0 Å². The number of ether oxygens (including phenoxy) is 5. The van der Waals surface area contributed by atoms with Gasteiger partial charge in [0.15, 0.2) is 0 Å². The van der Waals surface area contributed by atoms with Gasteiger partial charge >= 0.3 is 0 Å². The molecule has 2 N–H and O–H groups in total. The molecule has 1 saturated carbocycles. The molecule has 0 spiro atoms. The lowest BCUT2D eigenvalue weighted by Crippen LogP contribution is -2.66. The number of hydrogen-bond donors (Lipinski definition) is 2. The van der Waals surface area contributed by atoms with Crippen molar-refractivity contribution in [1.82, 2.24) is 0 Å². The monoisotopic (exact) mass is 470 g/mol. The Kier molecular flexibility index (Phi) is 10.3. The summed E-state index contributed by atoms with van der Waals surface area (Å²) < 4.78 is 29.4. The van der Waals surface area contributed by atoms with Crippen LogP contribution in [0.5, 0.6) is 5.75 Å². The summed E-state index contributed by atoms with van der Waals surface area (Å²) in [6, 6.07) is 17.1. The third-order valence-electron chi connectivity index (χ3n) is 5.69. The minimum atomic E-state index is -1.25. The number of methoxy groups -OCH3 is 1. The Morgan fingerprint density at radius 2 is 1.15 bits per heavy atom. The maximum absolute atomic E-state index is 11.0. The zero-order chi connectivity index (χ0) is 24.3. The first-order chi connectivity index (χ1) is 16.6. The third kappa shape index (κ3) is 6.76. The maximum Gasteiger partial charge on any atom is 0.118 e. The number of aliphatic hydroxyl groups is 2. The summed E-state index contributed by atoms with van der Waals surface area (Å²) in [4.78, 5) is 0. The molecule has 2 aromatic carbocycles. The molecule has 1 aliphatic rings. The second kappa shape index (κ2) is 13.4. The van der Waals surface area contributed by atoms with Gasteiger partial charge in [0.25, 0.3) is 0 Å². The Balaban J connectivity index is 1.84. The first-order valence-corrected chi connectivity index (χ1v) is 11.3. The van der Waals surface area contributed by atoms with Crippen LogP contribution in [-0.2, 0) is 32.2 Å². The summed E-state index contributed by atoms with van der Waals surface area (Å²) in [5, 5.41) is 21.9. The van der Waals surface area contributed by atoms with Gasteiger partial charge in [-0.25, -0.2) is 0 Å². The molecular formula is C27H34O7. The van der Waals surface area contributed by atoms with Crippen LogP contribution in [0, 0.1) is 0 Å². The molecule has 0 radical (unpaired) electrons. The van der Waals surface area contributed by atoms with Gasteiger partial charge in [-0.3, -0.25) is 0 Å². The van der Waals surface area contributed by atoms with E-state index in [0.29, 0.717) is 0 Å². The molecule has 0 unspecified atom stereocenters. The van der Waals surface area contributed by atoms with E-state index in [4.69, 9.17) is 23.7 Å². The lowest BCUT2D eigenvalue weighted by molar-refractivity contribution is -0.266. The van der Waals surface area contributed by atoms with Crippen molar-refractivity contribution in [3.8, 4) is 5.75 Å². The van der Waals surface area contributed by atoms with E-state index in [1.54, 1.807) is 19.3 Å². The Morgan fingerprint density at radius 3 is 1.71 bits per heavy atom. The fourth-order valence-electron chi connectivity index (χ4n) is 3.96. The summed E-state index contributed by atoms with van der Waals surface area (Å²) in [7, 11) is 1.61. The second-order valence-electron chi connectivity index (χ2n) is 8.04. The maximum atomic E-state index is 11.0. The van der Waals surface area contributed by atoms with Crippen molar-refractivity contribution in [3.63, 3.8) is 0 Å². The van der Waals surface area contributed by atoms with Gasteiger partial charge in [-0.1, -0.05) is 54.6 Å². The highest BCUT2D eigenvalue weighted by Gasteiger charge is 2.52. The molecule has 7 heteroatoms. The van der Waals surface area contributed by atoms with Crippen molar-refractivity contribution in [2.45, 2.75) is 49.8 Å². The van der Waals surface area contributed by atoms with Crippen LogP contribution in [0.3, 0.4) is 0 Å². The van der Waals surface area contributed by atoms with E-state index < -0.39 is 36.6 Å². The van der Waals surface area contributed by atoms with E-state index in [1.165, 1.54) is 0 Å². The van der Waals surface area contributed by atoms with Crippen LogP contribution < -0.4 is 4.74 Å². The zero-order valence-electron chi connectivity index (χ0n) is 19.5. The van der Waals surface area contributed by atoms with Crippen LogP contribution in [0.1, 0.15) is 11.1 Å². The third-order valence-corrected chi connectivity index (χ3v) is 5.69. The SMILES string of the molecule is C=CCO[C@@H]1[C@@H](OCc2ccccc2)[C@H](OCc2ccc(OC)cc2)[C@H](O)[C@H](O)[C@H]1OCC=C. The molecule has 0 aliphatic heterocycles. The Bertz CT molecular complexity index is 870. The van der Waals surface area contributed by atoms with Crippen LogP contribution in [-0.4, -0.2) is 67.2 Å². The lowest BCUT2D eigenvalue weighted by Gasteiger charge is -2.46. The summed E-state index contributed by atoms with van der Waals surface area (Å²) in [5.41, 5.74) is 1.85. The minimum Gasteiger partial charge on any atom is -0.497 e. The van der Waals surface area contributed by atoms with Crippen molar-refractivity contribution in [3.05, 3.63) is 91.0 Å². The van der Waals surface area contributed by atoms with Crippen LogP contribution in [0.25, 0.3) is 0 Å². The number of rotatable bonds is 13. The molecule has 34 heavy (non-hydrogen) atoms. The number of benzene rings is 2. The zero-order valence-corrected chi connectivity index (χ0v) is 19.5.